The lowest BCUT2D eigenvalue weighted by molar-refractivity contribution is -0.379. The Morgan fingerprint density at radius 2 is 1.56 bits per heavy atom. The van der Waals surface area contributed by atoms with E-state index in [1.54, 1.807) is 6.92 Å². The third kappa shape index (κ3) is 2.61. The van der Waals surface area contributed by atoms with Crippen LogP contribution in [-0.4, -0.2) is 21.3 Å². The molecule has 0 bridgehead atoms. The molecule has 0 aliphatic carbocycles. The standard InChI is InChI=1S/C13H20O3/c1-10(2)12(3,13(14,15)16)9-11-7-5-4-6-8-11/h4-8,10,14-16H,9H2,1-3H3. The molecule has 0 saturated carbocycles. The summed E-state index contributed by atoms with van der Waals surface area (Å²) >= 11 is 0. The Hall–Kier alpha value is -0.900. The van der Waals surface area contributed by atoms with Gasteiger partial charge in [0.15, 0.2) is 0 Å². The predicted molar refractivity (Wildman–Crippen MR) is 62.5 cm³/mol. The van der Waals surface area contributed by atoms with Gasteiger partial charge in [0.1, 0.15) is 0 Å². The van der Waals surface area contributed by atoms with Crippen molar-refractivity contribution in [2.75, 3.05) is 0 Å². The Morgan fingerprint density at radius 1 is 1.06 bits per heavy atom. The summed E-state index contributed by atoms with van der Waals surface area (Å²) in [5.74, 6) is -2.73. The second-order valence-electron chi connectivity index (χ2n) is 4.87. The van der Waals surface area contributed by atoms with Crippen LogP contribution in [0.15, 0.2) is 30.3 Å². The topological polar surface area (TPSA) is 60.7 Å². The lowest BCUT2D eigenvalue weighted by Gasteiger charge is -2.40. The minimum Gasteiger partial charge on any atom is -0.343 e. The van der Waals surface area contributed by atoms with Crippen molar-refractivity contribution in [1.29, 1.82) is 0 Å². The minimum atomic E-state index is -2.67. The highest BCUT2D eigenvalue weighted by Crippen LogP contribution is 2.38. The van der Waals surface area contributed by atoms with Crippen molar-refractivity contribution in [3.05, 3.63) is 35.9 Å². The van der Waals surface area contributed by atoms with Crippen molar-refractivity contribution in [2.24, 2.45) is 11.3 Å². The molecule has 0 radical (unpaired) electrons. The molecular formula is C13H20O3. The molecule has 1 rings (SSSR count). The fraction of sp³-hybridized carbons (Fsp3) is 0.538. The summed E-state index contributed by atoms with van der Waals surface area (Å²) < 4.78 is 0. The molecule has 3 N–H and O–H groups in total. The van der Waals surface area contributed by atoms with Crippen LogP contribution in [0.3, 0.4) is 0 Å². The van der Waals surface area contributed by atoms with Crippen LogP contribution in [0.25, 0.3) is 0 Å². The highest BCUT2D eigenvalue weighted by atomic mass is 16.7. The molecule has 0 spiro atoms. The van der Waals surface area contributed by atoms with Crippen LogP contribution >= 0.6 is 0 Å². The van der Waals surface area contributed by atoms with E-state index in [1.165, 1.54) is 0 Å². The van der Waals surface area contributed by atoms with Gasteiger partial charge in [-0.3, -0.25) is 0 Å². The van der Waals surface area contributed by atoms with Crippen molar-refractivity contribution in [1.82, 2.24) is 0 Å². The predicted octanol–water partition coefficient (Wildman–Crippen LogP) is 1.52. The zero-order valence-electron chi connectivity index (χ0n) is 10.0. The van der Waals surface area contributed by atoms with Gasteiger partial charge >= 0.3 is 0 Å². The lowest BCUT2D eigenvalue weighted by atomic mass is 9.72. The molecule has 0 amide bonds. The molecule has 90 valence electrons. The largest absolute Gasteiger partial charge is 0.343 e. The Balaban J connectivity index is 2.98. The Kier molecular flexibility index (Phi) is 3.73. The first-order chi connectivity index (χ1) is 7.27. The SMILES string of the molecule is CC(C)C(C)(Cc1ccccc1)C(O)(O)O. The first kappa shape index (κ1) is 13.2. The van der Waals surface area contributed by atoms with Gasteiger partial charge in [-0.2, -0.15) is 0 Å². The maximum atomic E-state index is 9.48. The van der Waals surface area contributed by atoms with Crippen LogP contribution in [0, 0.1) is 11.3 Å². The van der Waals surface area contributed by atoms with Crippen LogP contribution in [0.4, 0.5) is 0 Å². The lowest BCUT2D eigenvalue weighted by Crippen LogP contribution is -2.51. The molecule has 0 heterocycles. The van der Waals surface area contributed by atoms with E-state index >= 15 is 0 Å². The van der Waals surface area contributed by atoms with Crippen molar-refractivity contribution < 1.29 is 15.3 Å². The number of benzene rings is 1. The van der Waals surface area contributed by atoms with Crippen LogP contribution in [0.5, 0.6) is 0 Å². The zero-order chi connectivity index (χ0) is 12.4. The number of rotatable bonds is 4. The molecule has 0 aliphatic heterocycles. The summed E-state index contributed by atoms with van der Waals surface area (Å²) in [6, 6.07) is 9.51. The normalized spacial score (nSPS) is 16.2. The van der Waals surface area contributed by atoms with Gasteiger partial charge in [-0.05, 0) is 17.9 Å². The molecule has 3 nitrogen and oxygen atoms in total. The van der Waals surface area contributed by atoms with E-state index < -0.39 is 11.4 Å². The van der Waals surface area contributed by atoms with E-state index in [1.807, 2.05) is 44.2 Å². The van der Waals surface area contributed by atoms with E-state index in [0.717, 1.165) is 5.56 Å². The fourth-order valence-electron chi connectivity index (χ4n) is 1.73. The van der Waals surface area contributed by atoms with E-state index in [2.05, 4.69) is 0 Å². The molecule has 3 heteroatoms. The van der Waals surface area contributed by atoms with Gasteiger partial charge in [0, 0.05) is 0 Å². The summed E-state index contributed by atoms with van der Waals surface area (Å²) in [6.07, 6.45) is 0.412. The summed E-state index contributed by atoms with van der Waals surface area (Å²) in [5, 5.41) is 28.4. The molecule has 0 saturated heterocycles. The second kappa shape index (κ2) is 4.53. The van der Waals surface area contributed by atoms with Crippen molar-refractivity contribution in [2.45, 2.75) is 33.2 Å². The molecule has 0 aliphatic rings. The summed E-state index contributed by atoms with van der Waals surface area (Å²) in [4.78, 5) is 0. The maximum Gasteiger partial charge on any atom is 0.281 e. The molecule has 0 aromatic heterocycles. The fourth-order valence-corrected chi connectivity index (χ4v) is 1.73. The van der Waals surface area contributed by atoms with Crippen LogP contribution in [0.2, 0.25) is 0 Å². The van der Waals surface area contributed by atoms with Gasteiger partial charge in [0.05, 0.1) is 5.41 Å². The third-order valence-corrected chi connectivity index (χ3v) is 3.45. The van der Waals surface area contributed by atoms with Gasteiger partial charge in [-0.15, -0.1) is 0 Å². The smallest absolute Gasteiger partial charge is 0.281 e. The Morgan fingerprint density at radius 3 is 1.94 bits per heavy atom. The van der Waals surface area contributed by atoms with Gasteiger partial charge in [0.2, 0.25) is 0 Å². The molecule has 0 fully saturated rings. The summed E-state index contributed by atoms with van der Waals surface area (Å²) in [7, 11) is 0. The molecule has 16 heavy (non-hydrogen) atoms. The first-order valence-corrected chi connectivity index (χ1v) is 5.48. The first-order valence-electron chi connectivity index (χ1n) is 5.48. The van der Waals surface area contributed by atoms with Crippen LogP contribution < -0.4 is 0 Å². The highest BCUT2D eigenvalue weighted by Gasteiger charge is 2.47. The van der Waals surface area contributed by atoms with Crippen LogP contribution in [-0.2, 0) is 6.42 Å². The summed E-state index contributed by atoms with van der Waals surface area (Å²) in [6.45, 7) is 5.39. The molecule has 1 aromatic carbocycles. The van der Waals surface area contributed by atoms with Crippen molar-refractivity contribution >= 4 is 0 Å². The minimum absolute atomic E-state index is 0.0623. The van der Waals surface area contributed by atoms with E-state index in [0.29, 0.717) is 6.42 Å². The van der Waals surface area contributed by atoms with Crippen molar-refractivity contribution in [3.63, 3.8) is 0 Å². The zero-order valence-corrected chi connectivity index (χ0v) is 10.0. The van der Waals surface area contributed by atoms with Crippen LogP contribution in [0.1, 0.15) is 26.3 Å². The molecule has 1 unspecified atom stereocenters. The average molecular weight is 224 g/mol. The second-order valence-corrected chi connectivity index (χ2v) is 4.87. The third-order valence-electron chi connectivity index (χ3n) is 3.45. The van der Waals surface area contributed by atoms with E-state index in [-0.39, 0.29) is 5.92 Å². The van der Waals surface area contributed by atoms with Gasteiger partial charge < -0.3 is 15.3 Å². The molecule has 1 atom stereocenters. The monoisotopic (exact) mass is 224 g/mol. The highest BCUT2D eigenvalue weighted by molar-refractivity contribution is 5.17. The Labute approximate surface area is 96.4 Å². The average Bonchev–Trinajstić information content (AvgIpc) is 2.17. The number of hydrogen-bond donors (Lipinski definition) is 3. The molecule has 1 aromatic rings. The number of aliphatic hydroxyl groups is 3. The van der Waals surface area contributed by atoms with E-state index in [9.17, 15) is 15.3 Å². The van der Waals surface area contributed by atoms with Gasteiger partial charge in [0.25, 0.3) is 5.97 Å². The maximum absolute atomic E-state index is 9.48. The van der Waals surface area contributed by atoms with E-state index in [4.69, 9.17) is 0 Å². The quantitative estimate of drug-likeness (QED) is 0.680. The molecular weight excluding hydrogens is 204 g/mol. The van der Waals surface area contributed by atoms with Crippen molar-refractivity contribution in [3.8, 4) is 0 Å². The summed E-state index contributed by atoms with van der Waals surface area (Å²) in [5.41, 5.74) is -0.0193. The van der Waals surface area contributed by atoms with Gasteiger partial charge in [-0.25, -0.2) is 0 Å². The number of hydrogen-bond acceptors (Lipinski definition) is 3. The van der Waals surface area contributed by atoms with Gasteiger partial charge in [-0.1, -0.05) is 51.1 Å². The Bertz CT molecular complexity index is 327.